The highest BCUT2D eigenvalue weighted by Gasteiger charge is 2.28. The summed E-state index contributed by atoms with van der Waals surface area (Å²) in [6.07, 6.45) is 0.483. The lowest BCUT2D eigenvalue weighted by atomic mass is 10.3. The second kappa shape index (κ2) is 6.56. The minimum absolute atomic E-state index is 0.0291. The second-order valence-corrected chi connectivity index (χ2v) is 8.62. The number of carbonyl (C=O) groups is 1. The highest BCUT2D eigenvalue weighted by atomic mass is 35.5. The molecule has 1 fully saturated rings. The summed E-state index contributed by atoms with van der Waals surface area (Å²) in [4.78, 5) is 12.5. The summed E-state index contributed by atoms with van der Waals surface area (Å²) in [6, 6.07) is 4.77. The van der Waals surface area contributed by atoms with Crippen molar-refractivity contribution in [2.45, 2.75) is 17.4 Å². The van der Waals surface area contributed by atoms with E-state index in [9.17, 15) is 13.2 Å². The Morgan fingerprint density at radius 1 is 1.40 bits per heavy atom. The first-order valence-electron chi connectivity index (χ1n) is 5.93. The maximum Gasteiger partial charge on any atom is 0.230 e. The van der Waals surface area contributed by atoms with Crippen LogP contribution in [0.15, 0.2) is 23.1 Å². The van der Waals surface area contributed by atoms with Gasteiger partial charge < -0.3 is 5.32 Å². The van der Waals surface area contributed by atoms with Crippen molar-refractivity contribution in [3.63, 3.8) is 0 Å². The molecule has 2 rings (SSSR count). The smallest absolute Gasteiger partial charge is 0.230 e. The number of hydrogen-bond donors (Lipinski definition) is 1. The molecule has 1 saturated heterocycles. The summed E-state index contributed by atoms with van der Waals surface area (Å²) in [5, 5.41) is 3.82. The minimum atomic E-state index is -2.98. The number of thioether (sulfide) groups is 1. The fraction of sp³-hybridized carbons (Fsp3) is 0.417. The predicted molar refractivity (Wildman–Crippen MR) is 82.4 cm³/mol. The highest BCUT2D eigenvalue weighted by Crippen LogP contribution is 2.29. The van der Waals surface area contributed by atoms with Gasteiger partial charge in [0.25, 0.3) is 0 Å². The molecule has 1 amide bonds. The molecule has 0 bridgehead atoms. The van der Waals surface area contributed by atoms with E-state index in [0.717, 1.165) is 4.90 Å². The van der Waals surface area contributed by atoms with E-state index in [0.29, 0.717) is 16.5 Å². The van der Waals surface area contributed by atoms with Crippen LogP contribution in [0.3, 0.4) is 0 Å². The van der Waals surface area contributed by atoms with Gasteiger partial charge in [-0.25, -0.2) is 8.42 Å². The molecule has 0 aliphatic carbocycles. The molecule has 0 saturated carbocycles. The van der Waals surface area contributed by atoms with E-state index in [2.05, 4.69) is 5.32 Å². The van der Waals surface area contributed by atoms with Gasteiger partial charge in [0.15, 0.2) is 9.84 Å². The second-order valence-electron chi connectivity index (χ2n) is 4.53. The Balaban J connectivity index is 1.85. The summed E-state index contributed by atoms with van der Waals surface area (Å²) in [7, 11) is -2.98. The Morgan fingerprint density at radius 3 is 2.80 bits per heavy atom. The summed E-state index contributed by atoms with van der Waals surface area (Å²) in [6.45, 7) is 0. The molecule has 1 aromatic rings. The van der Waals surface area contributed by atoms with E-state index < -0.39 is 9.84 Å². The maximum atomic E-state index is 11.8. The van der Waals surface area contributed by atoms with Gasteiger partial charge in [0.1, 0.15) is 0 Å². The Kier molecular flexibility index (Phi) is 5.23. The Bertz CT molecular complexity index is 619. The summed E-state index contributed by atoms with van der Waals surface area (Å²) >= 11 is 13.1. The summed E-state index contributed by atoms with van der Waals surface area (Å²) < 4.78 is 22.6. The lowest BCUT2D eigenvalue weighted by Gasteiger charge is -2.11. The van der Waals surface area contributed by atoms with Crippen LogP contribution in [-0.4, -0.2) is 37.6 Å². The van der Waals surface area contributed by atoms with Crippen LogP contribution in [0.25, 0.3) is 0 Å². The molecular formula is C12H13Cl2NO3S2. The third-order valence-electron chi connectivity index (χ3n) is 2.85. The van der Waals surface area contributed by atoms with Crippen LogP contribution < -0.4 is 5.32 Å². The number of hydrogen-bond acceptors (Lipinski definition) is 4. The molecule has 110 valence electrons. The molecule has 1 aliphatic heterocycles. The van der Waals surface area contributed by atoms with E-state index >= 15 is 0 Å². The van der Waals surface area contributed by atoms with Crippen LogP contribution in [0.1, 0.15) is 6.42 Å². The number of nitrogens with one attached hydrogen (secondary N) is 1. The standard InChI is InChI=1S/C12H13Cl2NO3S2/c13-8-1-2-10(14)11(5-8)19-6-12(16)15-9-3-4-20(17,18)7-9/h1-2,5,9H,3-4,6-7H2,(H,15,16)/t9-/m1/s1. The van der Waals surface area contributed by atoms with Crippen molar-refractivity contribution >= 4 is 50.7 Å². The molecule has 0 aromatic heterocycles. The monoisotopic (exact) mass is 353 g/mol. The van der Waals surface area contributed by atoms with Gasteiger partial charge in [0.05, 0.1) is 22.3 Å². The summed E-state index contributed by atoms with van der Waals surface area (Å²) in [5.41, 5.74) is 0. The quantitative estimate of drug-likeness (QED) is 0.844. The van der Waals surface area contributed by atoms with Gasteiger partial charge in [-0.2, -0.15) is 0 Å². The molecule has 0 spiro atoms. The van der Waals surface area contributed by atoms with E-state index in [-0.39, 0.29) is 29.2 Å². The number of halogens is 2. The molecule has 0 unspecified atom stereocenters. The van der Waals surface area contributed by atoms with Crippen LogP contribution in [-0.2, 0) is 14.6 Å². The molecule has 4 nitrogen and oxygen atoms in total. The van der Waals surface area contributed by atoms with Crippen molar-refractivity contribution in [3.8, 4) is 0 Å². The van der Waals surface area contributed by atoms with Crippen LogP contribution in [0.4, 0.5) is 0 Å². The average Bonchev–Trinajstić information content (AvgIpc) is 2.70. The van der Waals surface area contributed by atoms with E-state index in [1.807, 2.05) is 0 Å². The number of carbonyl (C=O) groups excluding carboxylic acids is 1. The van der Waals surface area contributed by atoms with Gasteiger partial charge in [0.2, 0.25) is 5.91 Å². The molecule has 8 heteroatoms. The maximum absolute atomic E-state index is 11.8. The first-order chi connectivity index (χ1) is 9.35. The fourth-order valence-electron chi connectivity index (χ4n) is 1.91. The van der Waals surface area contributed by atoms with Gasteiger partial charge >= 0.3 is 0 Å². The number of rotatable bonds is 4. The van der Waals surface area contributed by atoms with Gasteiger partial charge in [0, 0.05) is 16.0 Å². The van der Waals surface area contributed by atoms with Gasteiger partial charge in [-0.15, -0.1) is 11.8 Å². The average molecular weight is 354 g/mol. The van der Waals surface area contributed by atoms with Crippen molar-refractivity contribution in [2.75, 3.05) is 17.3 Å². The van der Waals surface area contributed by atoms with E-state index in [4.69, 9.17) is 23.2 Å². The van der Waals surface area contributed by atoms with E-state index in [1.165, 1.54) is 11.8 Å². The molecule has 1 aliphatic rings. The van der Waals surface area contributed by atoms with Crippen molar-refractivity contribution in [1.29, 1.82) is 0 Å². The number of benzene rings is 1. The zero-order valence-electron chi connectivity index (χ0n) is 10.4. The topological polar surface area (TPSA) is 63.2 Å². The largest absolute Gasteiger partial charge is 0.352 e. The van der Waals surface area contributed by atoms with Crippen LogP contribution in [0.5, 0.6) is 0 Å². The van der Waals surface area contributed by atoms with Crippen molar-refractivity contribution < 1.29 is 13.2 Å². The first kappa shape index (κ1) is 15.9. The third-order valence-corrected chi connectivity index (χ3v) is 6.35. The molecule has 0 radical (unpaired) electrons. The molecule has 1 atom stereocenters. The first-order valence-corrected chi connectivity index (χ1v) is 9.50. The Morgan fingerprint density at radius 2 is 2.15 bits per heavy atom. The van der Waals surface area contributed by atoms with Crippen LogP contribution in [0.2, 0.25) is 10.0 Å². The van der Waals surface area contributed by atoms with Crippen LogP contribution in [0, 0.1) is 0 Å². The molecule has 1 N–H and O–H groups in total. The molecule has 1 aromatic carbocycles. The van der Waals surface area contributed by atoms with Crippen molar-refractivity contribution in [1.82, 2.24) is 5.32 Å². The molecular weight excluding hydrogens is 341 g/mol. The van der Waals surface area contributed by atoms with Crippen molar-refractivity contribution in [3.05, 3.63) is 28.2 Å². The highest BCUT2D eigenvalue weighted by molar-refractivity contribution is 8.00. The third kappa shape index (κ3) is 4.55. The fourth-order valence-corrected chi connectivity index (χ4v) is 4.89. The zero-order valence-corrected chi connectivity index (χ0v) is 13.6. The van der Waals surface area contributed by atoms with Gasteiger partial charge in [-0.05, 0) is 24.6 Å². The van der Waals surface area contributed by atoms with Gasteiger partial charge in [-0.1, -0.05) is 23.2 Å². The Labute approximate surface area is 132 Å². The van der Waals surface area contributed by atoms with E-state index in [1.54, 1.807) is 18.2 Å². The molecule has 20 heavy (non-hydrogen) atoms. The Hall–Kier alpha value is -0.430. The van der Waals surface area contributed by atoms with Crippen LogP contribution >= 0.6 is 35.0 Å². The molecule has 1 heterocycles. The lowest BCUT2D eigenvalue weighted by molar-refractivity contribution is -0.119. The number of sulfone groups is 1. The summed E-state index contributed by atoms with van der Waals surface area (Å²) in [5.74, 6) is 0.150. The lowest BCUT2D eigenvalue weighted by Crippen LogP contribution is -2.36. The zero-order chi connectivity index (χ0) is 14.8. The SMILES string of the molecule is O=C(CSc1cc(Cl)ccc1Cl)N[C@@H]1CCS(=O)(=O)C1. The normalized spacial score (nSPS) is 20.8. The number of amides is 1. The predicted octanol–water partition coefficient (Wildman–Crippen LogP) is 2.39. The van der Waals surface area contributed by atoms with Crippen molar-refractivity contribution in [2.24, 2.45) is 0 Å². The minimum Gasteiger partial charge on any atom is -0.352 e. The van der Waals surface area contributed by atoms with Gasteiger partial charge in [-0.3, -0.25) is 4.79 Å².